The molecule has 0 fully saturated rings. The number of aryl methyl sites for hydroxylation is 1. The van der Waals surface area contributed by atoms with Crippen LogP contribution in [0.1, 0.15) is 33.3 Å². The number of nitrogens with zero attached hydrogens (tertiary/aromatic N) is 11. The Labute approximate surface area is 408 Å². The first-order valence-electron chi connectivity index (χ1n) is 20.6. The molecule has 0 unspecified atom stereocenters. The van der Waals surface area contributed by atoms with Crippen molar-refractivity contribution in [2.75, 3.05) is 73.2 Å². The van der Waals surface area contributed by atoms with Crippen molar-refractivity contribution in [1.29, 1.82) is 0 Å². The highest BCUT2D eigenvalue weighted by atomic mass is 35.5. The van der Waals surface area contributed by atoms with E-state index in [1.165, 1.54) is 29.2 Å². The summed E-state index contributed by atoms with van der Waals surface area (Å²) in [6, 6.07) is 13.6. The molecule has 19 nitrogen and oxygen atoms in total. The van der Waals surface area contributed by atoms with Crippen molar-refractivity contribution in [3.63, 3.8) is 0 Å². The number of aliphatic hydroxyl groups is 1. The van der Waals surface area contributed by atoms with Gasteiger partial charge < -0.3 is 35.0 Å². The van der Waals surface area contributed by atoms with Crippen LogP contribution in [-0.4, -0.2) is 95.8 Å². The molecule has 0 spiro atoms. The highest BCUT2D eigenvalue weighted by molar-refractivity contribution is 7.99. The molecule has 0 saturated carbocycles. The molecule has 3 heterocycles. The third-order valence-electron chi connectivity index (χ3n) is 10.0. The first kappa shape index (κ1) is 49.4. The maximum Gasteiger partial charge on any atom is 0.296 e. The Morgan fingerprint density at radius 1 is 0.687 bits per heavy atom. The number of nitrogens with one attached hydrogen (secondary N) is 2. The lowest BCUT2D eigenvalue weighted by atomic mass is 10.2. The number of fused-ring (bicyclic) bond motifs is 2. The van der Waals surface area contributed by atoms with E-state index in [0.29, 0.717) is 80.5 Å². The second-order valence-electron chi connectivity index (χ2n) is 14.2. The van der Waals surface area contributed by atoms with Gasteiger partial charge in [-0.05, 0) is 76.6 Å². The van der Waals surface area contributed by atoms with Gasteiger partial charge in [-0.3, -0.25) is 4.55 Å². The summed E-state index contributed by atoms with van der Waals surface area (Å²) in [5, 5.41) is 36.1. The summed E-state index contributed by atoms with van der Waals surface area (Å²) in [6.07, 6.45) is 0. The Balaban J connectivity index is 1.32. The molecule has 0 saturated heterocycles. The van der Waals surface area contributed by atoms with Crippen molar-refractivity contribution >= 4 is 144 Å². The maximum atomic E-state index is 12.2. The van der Waals surface area contributed by atoms with Crippen molar-refractivity contribution in [2.24, 2.45) is 20.5 Å². The number of benzene rings is 4. The summed E-state index contributed by atoms with van der Waals surface area (Å²) in [5.41, 5.74) is 4.86. The fourth-order valence-electron chi connectivity index (χ4n) is 6.91. The third-order valence-corrected chi connectivity index (χ3v) is 14.0. The van der Waals surface area contributed by atoms with Crippen LogP contribution in [0.5, 0.6) is 11.5 Å². The predicted octanol–water partition coefficient (Wildman–Crippen LogP) is 12.1. The largest absolute Gasteiger partial charge is 0.494 e. The van der Waals surface area contributed by atoms with Crippen molar-refractivity contribution in [2.45, 2.75) is 44.7 Å². The summed E-state index contributed by atoms with van der Waals surface area (Å²) in [7, 11) is -1.51. The highest BCUT2D eigenvalue weighted by Crippen LogP contribution is 2.44. The second-order valence-corrected chi connectivity index (χ2v) is 19.5. The van der Waals surface area contributed by atoms with Crippen molar-refractivity contribution < 1.29 is 27.6 Å². The van der Waals surface area contributed by atoms with Gasteiger partial charge in [0.05, 0.1) is 58.5 Å². The molecular weight excluding hydrogens is 982 g/mol. The van der Waals surface area contributed by atoms with E-state index in [2.05, 4.69) is 45.9 Å². The number of hydrogen-bond donors (Lipinski definition) is 4. The van der Waals surface area contributed by atoms with Crippen LogP contribution in [0.2, 0.25) is 10.0 Å². The Kier molecular flexibility index (Phi) is 15.9. The number of ether oxygens (including phenoxy) is 2. The lowest BCUT2D eigenvalue weighted by Crippen LogP contribution is -2.22. The lowest BCUT2D eigenvalue weighted by Gasteiger charge is -2.25. The number of hydrogen-bond acceptors (Lipinski definition) is 21. The standard InChI is InChI=1S/C42H45Cl2N13O6S4/c1-8-56(9-2)29-18-25(27(20-31(29)62-6)52-54-41-47-36-22(5)14-23(43)15-33(36)65-41)45-38-49-39(51-40(50-38)64-13-12-58)46-26-19-30(57(10-3)11-4)32(63-7)21-28(26)53-55-42-48-37-34(66-42)16-24(44)17-35(37)67(59,60)61/h14-21,58H,8-13H2,1-7H3,(H,59,60,61)(H2,45,46,49,50,51). The van der Waals surface area contributed by atoms with Crippen LogP contribution in [0, 0.1) is 6.92 Å². The zero-order chi connectivity index (χ0) is 48.0. The third kappa shape index (κ3) is 11.4. The summed E-state index contributed by atoms with van der Waals surface area (Å²) in [4.78, 5) is 27.1. The van der Waals surface area contributed by atoms with E-state index in [4.69, 9.17) is 52.6 Å². The monoisotopic (exact) mass is 1030 g/mol. The van der Waals surface area contributed by atoms with Gasteiger partial charge in [0.1, 0.15) is 33.3 Å². The van der Waals surface area contributed by atoms with Crippen LogP contribution >= 0.6 is 57.6 Å². The SMILES string of the molecule is CCN(CC)c1cc(Nc2nc(Nc3cc(N(CC)CC)c(OC)cc3N=Nc3nc4c(S(=O)(=O)O)cc(Cl)cc4s3)nc(SCCO)n2)c(N=Nc2nc3c(C)cc(Cl)cc3s2)cc1OC. The molecule has 0 aliphatic carbocycles. The van der Waals surface area contributed by atoms with E-state index in [9.17, 15) is 18.1 Å². The average molecular weight is 1030 g/mol. The Hall–Kier alpha value is -5.53. The van der Waals surface area contributed by atoms with E-state index in [0.717, 1.165) is 44.6 Å². The number of azo groups is 2. The summed E-state index contributed by atoms with van der Waals surface area (Å²) < 4.78 is 47.2. The number of thioether (sulfide) groups is 1. The molecule has 352 valence electrons. The summed E-state index contributed by atoms with van der Waals surface area (Å²) in [6.45, 7) is 12.6. The first-order valence-corrected chi connectivity index (χ1v) is 25.5. The molecule has 0 bridgehead atoms. The molecular formula is C42H45Cl2N13O6S4. The zero-order valence-electron chi connectivity index (χ0n) is 37.2. The fraction of sp³-hybridized carbons (Fsp3) is 0.310. The summed E-state index contributed by atoms with van der Waals surface area (Å²) in [5.74, 6) is 1.62. The van der Waals surface area contributed by atoms with Gasteiger partial charge in [0.2, 0.25) is 22.2 Å². The number of aromatic nitrogens is 5. The Morgan fingerprint density at radius 3 is 1.63 bits per heavy atom. The van der Waals surface area contributed by atoms with Gasteiger partial charge in [-0.2, -0.15) is 23.4 Å². The van der Waals surface area contributed by atoms with Crippen molar-refractivity contribution in [1.82, 2.24) is 24.9 Å². The minimum Gasteiger partial charge on any atom is -0.494 e. The van der Waals surface area contributed by atoms with Crippen LogP contribution in [0.3, 0.4) is 0 Å². The number of thiazole rings is 2. The molecule has 0 radical (unpaired) electrons. The normalized spacial score (nSPS) is 11.9. The van der Waals surface area contributed by atoms with Gasteiger partial charge in [-0.1, -0.05) is 57.6 Å². The molecule has 25 heteroatoms. The van der Waals surface area contributed by atoms with Crippen LogP contribution < -0.4 is 29.9 Å². The molecule has 67 heavy (non-hydrogen) atoms. The van der Waals surface area contributed by atoms with Gasteiger partial charge >= 0.3 is 0 Å². The Bertz CT molecular complexity index is 3110. The minimum absolute atomic E-state index is 0.000291. The average Bonchev–Trinajstić information content (AvgIpc) is 3.91. The van der Waals surface area contributed by atoms with E-state index >= 15 is 0 Å². The van der Waals surface area contributed by atoms with Gasteiger partial charge in [-0.25, -0.2) is 9.97 Å². The highest BCUT2D eigenvalue weighted by Gasteiger charge is 2.22. The van der Waals surface area contributed by atoms with Crippen molar-refractivity contribution in [3.05, 3.63) is 64.1 Å². The smallest absolute Gasteiger partial charge is 0.296 e. The first-order chi connectivity index (χ1) is 32.2. The van der Waals surface area contributed by atoms with E-state index < -0.39 is 15.0 Å². The molecule has 3 aromatic heterocycles. The second kappa shape index (κ2) is 21.6. The summed E-state index contributed by atoms with van der Waals surface area (Å²) >= 11 is 16.1. The van der Waals surface area contributed by atoms with Crippen LogP contribution in [0.15, 0.2) is 79.0 Å². The molecule has 0 aliphatic rings. The molecule has 0 atom stereocenters. The fourth-order valence-corrected chi connectivity index (χ4v) is 10.7. The van der Waals surface area contributed by atoms with Gasteiger partial charge in [-0.15, -0.1) is 20.5 Å². The zero-order valence-corrected chi connectivity index (χ0v) is 42.0. The predicted molar refractivity (Wildman–Crippen MR) is 269 cm³/mol. The molecule has 7 aromatic rings. The topological polar surface area (TPSA) is 237 Å². The Morgan fingerprint density at radius 2 is 1.16 bits per heavy atom. The van der Waals surface area contributed by atoms with Gasteiger partial charge in [0, 0.05) is 54.1 Å². The quantitative estimate of drug-likeness (QED) is 0.0315. The minimum atomic E-state index is -4.65. The van der Waals surface area contributed by atoms with Crippen molar-refractivity contribution in [3.8, 4) is 11.5 Å². The van der Waals surface area contributed by atoms with Crippen LogP contribution in [0.25, 0.3) is 20.4 Å². The maximum absolute atomic E-state index is 12.2. The lowest BCUT2D eigenvalue weighted by molar-refractivity contribution is 0.322. The number of methoxy groups -OCH3 is 2. The molecule has 4 aromatic carbocycles. The van der Waals surface area contributed by atoms with Gasteiger partial charge in [0.15, 0.2) is 5.16 Å². The number of halogens is 2. The van der Waals surface area contributed by atoms with E-state index in [1.54, 1.807) is 26.4 Å². The van der Waals surface area contributed by atoms with Gasteiger partial charge in [0.25, 0.3) is 10.1 Å². The van der Waals surface area contributed by atoms with E-state index in [-0.39, 0.29) is 39.9 Å². The molecule has 0 aliphatic heterocycles. The number of rotatable bonds is 20. The van der Waals surface area contributed by atoms with Crippen LogP contribution in [0.4, 0.5) is 56.3 Å². The van der Waals surface area contributed by atoms with E-state index in [1.807, 2.05) is 58.9 Å². The molecule has 7 rings (SSSR count). The van der Waals surface area contributed by atoms with Crippen LogP contribution in [-0.2, 0) is 10.1 Å². The number of anilines is 6. The molecule has 4 N–H and O–H groups in total. The number of aliphatic hydroxyl groups excluding tert-OH is 1. The molecule has 0 amide bonds.